The summed E-state index contributed by atoms with van der Waals surface area (Å²) in [4.78, 5) is 9.22. The summed E-state index contributed by atoms with van der Waals surface area (Å²) in [5.41, 5.74) is 8.05. The van der Waals surface area contributed by atoms with E-state index in [4.69, 9.17) is 11.3 Å². The van der Waals surface area contributed by atoms with Crippen molar-refractivity contribution in [2.45, 2.75) is 92.2 Å². The quantitative estimate of drug-likeness (QED) is 0.0981. The number of fused-ring (bicyclic) bond motifs is 6. The van der Waals surface area contributed by atoms with Gasteiger partial charge in [0.05, 0.1) is 13.7 Å². The van der Waals surface area contributed by atoms with E-state index in [1.54, 1.807) is 18.3 Å². The van der Waals surface area contributed by atoms with Gasteiger partial charge in [-0.2, -0.15) is 0 Å². The summed E-state index contributed by atoms with van der Waals surface area (Å²) in [6.45, 7) is 18.9. The Morgan fingerprint density at radius 1 is 0.764 bits per heavy atom. The van der Waals surface area contributed by atoms with Crippen molar-refractivity contribution in [1.82, 2.24) is 9.97 Å². The van der Waals surface area contributed by atoms with Crippen molar-refractivity contribution >= 4 is 56.7 Å². The molecule has 0 aliphatic carbocycles. The second-order valence-corrected chi connectivity index (χ2v) is 21.8. The van der Waals surface area contributed by atoms with Crippen LogP contribution in [0, 0.1) is 19.0 Å². The molecule has 0 bridgehead atoms. The minimum absolute atomic E-state index is 0. The molecule has 0 fully saturated rings. The number of furan rings is 1. The van der Waals surface area contributed by atoms with Gasteiger partial charge in [0.25, 0.3) is 0 Å². The Morgan fingerprint density at radius 2 is 1.53 bits per heavy atom. The molecular formula is C50H52IrN2OSi-2. The van der Waals surface area contributed by atoms with Crippen molar-refractivity contribution in [2.75, 3.05) is 0 Å². The molecule has 0 aliphatic rings. The van der Waals surface area contributed by atoms with Gasteiger partial charge in [0.1, 0.15) is 5.58 Å². The van der Waals surface area contributed by atoms with Crippen LogP contribution in [0.4, 0.5) is 0 Å². The molecule has 8 rings (SSSR count). The van der Waals surface area contributed by atoms with E-state index in [0.717, 1.165) is 55.6 Å². The third-order valence-electron chi connectivity index (χ3n) is 10.2. The maximum atomic E-state index is 8.49. The van der Waals surface area contributed by atoms with Crippen LogP contribution in [-0.4, -0.2) is 18.0 Å². The molecule has 55 heavy (non-hydrogen) atoms. The molecule has 0 saturated heterocycles. The fraction of sp³-hybridized carbons (Fsp3) is 0.280. The van der Waals surface area contributed by atoms with Crippen LogP contribution in [0.5, 0.6) is 0 Å². The normalized spacial score (nSPS) is 14.0. The van der Waals surface area contributed by atoms with E-state index in [1.807, 2.05) is 52.1 Å². The van der Waals surface area contributed by atoms with Gasteiger partial charge in [-0.05, 0) is 73.5 Å². The molecular weight excluding hydrogens is 865 g/mol. The third kappa shape index (κ3) is 8.12. The molecule has 3 nitrogen and oxygen atoms in total. The van der Waals surface area contributed by atoms with Gasteiger partial charge in [-0.3, -0.25) is 0 Å². The summed E-state index contributed by atoms with van der Waals surface area (Å²) in [5.74, 6) is -1.43. The molecule has 3 heterocycles. The number of hydrogen-bond donors (Lipinski definition) is 0. The van der Waals surface area contributed by atoms with Gasteiger partial charge in [0.2, 0.25) is 0 Å². The van der Waals surface area contributed by atoms with Crippen molar-refractivity contribution in [1.29, 1.82) is 0 Å². The SMILES string of the molecule is [2H]C(C)(C)c1ccnc(-c2[c-]cc(C(C)(C)C)c3c2oc2cc4c(ccc5ccccc54)cc23)c1.[2H]C([2H])([2H])c1c[c-]c(-c2cc(C([2H])(C)C)c([Si](C)(C)C)cn2)cc1.[Ir]. The summed E-state index contributed by atoms with van der Waals surface area (Å²) in [5, 5.41) is 8.25. The summed E-state index contributed by atoms with van der Waals surface area (Å²) >= 11 is 0. The van der Waals surface area contributed by atoms with E-state index in [-0.39, 0.29) is 31.1 Å². The molecule has 0 aliphatic heterocycles. The predicted molar refractivity (Wildman–Crippen MR) is 234 cm³/mol. The zero-order valence-corrected chi connectivity index (χ0v) is 36.8. The van der Waals surface area contributed by atoms with Crippen LogP contribution in [0.3, 0.4) is 0 Å². The predicted octanol–water partition coefficient (Wildman–Crippen LogP) is 13.7. The molecule has 5 aromatic carbocycles. The van der Waals surface area contributed by atoms with E-state index < -0.39 is 26.7 Å². The Balaban J connectivity index is 0.000000213. The molecule has 283 valence electrons. The summed E-state index contributed by atoms with van der Waals surface area (Å²) in [6.07, 6.45) is 3.67. The maximum absolute atomic E-state index is 8.49. The number of benzene rings is 5. The van der Waals surface area contributed by atoms with Gasteiger partial charge in [-0.1, -0.05) is 146 Å². The monoisotopic (exact) mass is 922 g/mol. The van der Waals surface area contributed by atoms with Crippen LogP contribution >= 0.6 is 0 Å². The molecule has 0 N–H and O–H groups in total. The zero-order chi connectivity index (χ0) is 42.9. The average molecular weight is 922 g/mol. The Hall–Kier alpha value is -4.41. The van der Waals surface area contributed by atoms with Crippen LogP contribution in [0.25, 0.3) is 66.0 Å². The van der Waals surface area contributed by atoms with E-state index in [1.165, 1.54) is 38.4 Å². The second kappa shape index (κ2) is 15.6. The first-order valence-corrected chi connectivity index (χ1v) is 22.1. The number of pyridine rings is 2. The van der Waals surface area contributed by atoms with Crippen LogP contribution in [0.1, 0.15) is 89.4 Å². The number of rotatable bonds is 5. The summed E-state index contributed by atoms with van der Waals surface area (Å²) in [7, 11) is -1.61. The molecule has 3 aromatic heterocycles. The van der Waals surface area contributed by atoms with Crippen molar-refractivity contribution in [3.63, 3.8) is 0 Å². The van der Waals surface area contributed by atoms with E-state index >= 15 is 0 Å². The van der Waals surface area contributed by atoms with Crippen molar-refractivity contribution < 1.29 is 31.4 Å². The van der Waals surface area contributed by atoms with Crippen LogP contribution in [0.2, 0.25) is 19.6 Å². The maximum Gasteiger partial charge on any atom is 0.121 e. The first kappa shape index (κ1) is 33.9. The Kier molecular flexibility index (Phi) is 9.62. The van der Waals surface area contributed by atoms with Gasteiger partial charge in [-0.25, -0.2) is 0 Å². The summed E-state index contributed by atoms with van der Waals surface area (Å²) in [6, 6.07) is 36.6. The minimum Gasteiger partial charge on any atom is -0.501 e. The van der Waals surface area contributed by atoms with E-state index in [0.29, 0.717) is 0 Å². The fourth-order valence-electron chi connectivity index (χ4n) is 7.18. The molecule has 0 spiro atoms. The van der Waals surface area contributed by atoms with E-state index in [2.05, 4.69) is 117 Å². The first-order valence-electron chi connectivity index (χ1n) is 21.1. The molecule has 5 heteroatoms. The first-order chi connectivity index (χ1) is 27.4. The van der Waals surface area contributed by atoms with Crippen LogP contribution in [-0.2, 0) is 25.5 Å². The molecule has 0 amide bonds. The molecule has 1 radical (unpaired) electrons. The molecule has 0 unspecified atom stereocenters. The number of aryl methyl sites for hydroxylation is 1. The zero-order valence-electron chi connectivity index (χ0n) is 38.5. The average Bonchev–Trinajstić information content (AvgIpc) is 3.53. The van der Waals surface area contributed by atoms with Gasteiger partial charge in [-0.15, -0.1) is 53.1 Å². The Morgan fingerprint density at radius 3 is 2.20 bits per heavy atom. The van der Waals surface area contributed by atoms with Crippen molar-refractivity contribution in [3.8, 4) is 22.5 Å². The smallest absolute Gasteiger partial charge is 0.121 e. The third-order valence-corrected chi connectivity index (χ3v) is 12.2. The Labute approximate surface area is 349 Å². The standard InChI is InChI=1S/C32H28NO.C18H24NSi.Ir/c1-19(2)21-14-15-33-28(17-21)24-12-13-27(32(3,4)5)30-26-16-22-11-10-20-8-6-7-9-23(20)25(22)18-29(26)34-31(24)30;1-13(2)16-11-17(15-9-7-14(3)8-10-15)19-12-18(16)20(4,5)6;/h6-11,13-19H,1-5H3;7-9,11-13H,1-6H3;/q2*-1;/i19D;3D3,13D;. The largest absolute Gasteiger partial charge is 0.501 e. The van der Waals surface area contributed by atoms with Gasteiger partial charge in [0.15, 0.2) is 0 Å². The number of aromatic nitrogens is 2. The van der Waals surface area contributed by atoms with Crippen molar-refractivity contribution in [2.24, 2.45) is 0 Å². The van der Waals surface area contributed by atoms with E-state index in [9.17, 15) is 0 Å². The van der Waals surface area contributed by atoms with Gasteiger partial charge < -0.3 is 14.4 Å². The van der Waals surface area contributed by atoms with Gasteiger partial charge >= 0.3 is 0 Å². The fourth-order valence-corrected chi connectivity index (χ4v) is 8.76. The van der Waals surface area contributed by atoms with Crippen LogP contribution < -0.4 is 5.19 Å². The number of hydrogen-bond acceptors (Lipinski definition) is 3. The summed E-state index contributed by atoms with van der Waals surface area (Å²) < 4.78 is 45.9. The van der Waals surface area contributed by atoms with Gasteiger partial charge in [0, 0.05) is 44.7 Å². The van der Waals surface area contributed by atoms with Crippen LogP contribution in [0.15, 0.2) is 108 Å². The van der Waals surface area contributed by atoms with Crippen molar-refractivity contribution in [3.05, 3.63) is 138 Å². The minimum atomic E-state index is -2.13. The molecule has 0 atom stereocenters. The molecule has 8 aromatic rings. The Bertz CT molecular complexity index is 2860. The second-order valence-electron chi connectivity index (χ2n) is 16.8. The number of nitrogens with zero attached hydrogens (tertiary/aromatic N) is 2. The topological polar surface area (TPSA) is 38.9 Å². The molecule has 0 saturated carbocycles.